The minimum absolute atomic E-state index is 0.0292. The number of para-hydroxylation sites is 1. The Labute approximate surface area is 190 Å². The number of piperazine rings is 1. The molecule has 2 N–H and O–H groups in total. The van der Waals surface area contributed by atoms with Crippen LogP contribution in [-0.2, 0) is 11.3 Å². The summed E-state index contributed by atoms with van der Waals surface area (Å²) in [4.78, 5) is 26.7. The van der Waals surface area contributed by atoms with Crippen molar-refractivity contribution in [2.75, 3.05) is 24.5 Å². The molecule has 2 amide bonds. The van der Waals surface area contributed by atoms with E-state index >= 15 is 0 Å². The minimum atomic E-state index is -0.235. The Kier molecular flexibility index (Phi) is 5.63. The predicted molar refractivity (Wildman–Crippen MR) is 124 cm³/mol. The second kappa shape index (κ2) is 9.04. The topological polar surface area (TPSA) is 92.4 Å². The molecule has 166 valence electrons. The monoisotopic (exact) mass is 441 g/mol. The Hall–Kier alpha value is -4.33. The van der Waals surface area contributed by atoms with Gasteiger partial charge < -0.3 is 20.0 Å². The molecule has 5 rings (SSSR count). The smallest absolute Gasteiger partial charge is 0.270 e. The number of nitrogens with one attached hydrogen (secondary N) is 2. The third kappa shape index (κ3) is 4.50. The van der Waals surface area contributed by atoms with E-state index in [1.165, 1.54) is 0 Å². The van der Waals surface area contributed by atoms with Crippen LogP contribution in [-0.4, -0.2) is 41.2 Å². The highest BCUT2D eigenvalue weighted by molar-refractivity contribution is 5.94. The summed E-state index contributed by atoms with van der Waals surface area (Å²) in [6.45, 7) is 2.16. The first-order valence-electron chi connectivity index (χ1n) is 10.8. The Morgan fingerprint density at radius 2 is 1.85 bits per heavy atom. The summed E-state index contributed by atoms with van der Waals surface area (Å²) in [5, 5.41) is 10.4. The molecule has 8 nitrogen and oxygen atoms in total. The van der Waals surface area contributed by atoms with Crippen molar-refractivity contribution < 1.29 is 14.0 Å². The molecule has 0 atom stereocenters. The van der Waals surface area contributed by atoms with E-state index in [-0.39, 0.29) is 11.8 Å². The van der Waals surface area contributed by atoms with Crippen LogP contribution in [0.15, 0.2) is 83.5 Å². The van der Waals surface area contributed by atoms with Gasteiger partial charge in [-0.1, -0.05) is 30.3 Å². The number of aromatic nitrogens is 2. The van der Waals surface area contributed by atoms with Crippen molar-refractivity contribution >= 4 is 17.5 Å². The lowest BCUT2D eigenvalue weighted by molar-refractivity contribution is -0.120. The number of nitrogens with zero attached hydrogens (tertiary/aromatic N) is 3. The molecule has 1 aliphatic rings. The number of benzene rings is 2. The first kappa shape index (κ1) is 20.6. The van der Waals surface area contributed by atoms with Crippen LogP contribution in [0.5, 0.6) is 0 Å². The van der Waals surface area contributed by atoms with E-state index < -0.39 is 0 Å². The summed E-state index contributed by atoms with van der Waals surface area (Å²) < 4.78 is 7.09. The largest absolute Gasteiger partial charge is 0.463 e. The molecular formula is C25H23N5O3. The lowest BCUT2D eigenvalue weighted by Crippen LogP contribution is -2.47. The number of rotatable bonds is 6. The minimum Gasteiger partial charge on any atom is -0.463 e. The van der Waals surface area contributed by atoms with E-state index in [0.29, 0.717) is 36.8 Å². The predicted octanol–water partition coefficient (Wildman–Crippen LogP) is 3.00. The van der Waals surface area contributed by atoms with Gasteiger partial charge in [0.25, 0.3) is 5.91 Å². The highest BCUT2D eigenvalue weighted by atomic mass is 16.3. The maximum atomic E-state index is 13.1. The summed E-state index contributed by atoms with van der Waals surface area (Å²) in [6.07, 6.45) is 1.58. The quantitative estimate of drug-likeness (QED) is 0.480. The maximum absolute atomic E-state index is 13.1. The van der Waals surface area contributed by atoms with Crippen molar-refractivity contribution in [1.29, 1.82) is 0 Å². The van der Waals surface area contributed by atoms with Crippen LogP contribution < -0.4 is 15.5 Å². The van der Waals surface area contributed by atoms with Crippen molar-refractivity contribution in [3.05, 3.63) is 90.3 Å². The number of hydrogen-bond donors (Lipinski definition) is 2. The molecule has 1 fully saturated rings. The second-order valence-corrected chi connectivity index (χ2v) is 7.76. The van der Waals surface area contributed by atoms with E-state index in [1.807, 2.05) is 65.6 Å². The lowest BCUT2D eigenvalue weighted by Gasteiger charge is -2.28. The van der Waals surface area contributed by atoms with Crippen LogP contribution >= 0.6 is 0 Å². The highest BCUT2D eigenvalue weighted by Gasteiger charge is 2.19. The van der Waals surface area contributed by atoms with Crippen LogP contribution in [0.1, 0.15) is 16.1 Å². The van der Waals surface area contributed by atoms with Gasteiger partial charge >= 0.3 is 0 Å². The zero-order valence-electron chi connectivity index (χ0n) is 17.9. The van der Waals surface area contributed by atoms with Gasteiger partial charge in [-0.05, 0) is 42.0 Å². The summed E-state index contributed by atoms with van der Waals surface area (Å²) in [7, 11) is 0. The number of hydrogen-bond acceptors (Lipinski definition) is 5. The fraction of sp³-hybridized carbons (Fsp3) is 0.160. The maximum Gasteiger partial charge on any atom is 0.270 e. The number of carbonyl (C=O) groups excluding carboxylic acids is 2. The summed E-state index contributed by atoms with van der Waals surface area (Å²) in [5.41, 5.74) is 3.75. The third-order valence-corrected chi connectivity index (χ3v) is 5.51. The SMILES string of the molecule is O=C1CN(c2ccc(CNC(=O)c3cc(-c4ccco4)nn3-c3ccccc3)cc2)CCN1. The van der Waals surface area contributed by atoms with Gasteiger partial charge in [-0.3, -0.25) is 9.59 Å². The molecule has 0 unspecified atom stereocenters. The molecule has 0 saturated carbocycles. The van der Waals surface area contributed by atoms with Gasteiger partial charge in [0.05, 0.1) is 18.5 Å². The number of furan rings is 1. The molecule has 8 heteroatoms. The third-order valence-electron chi connectivity index (χ3n) is 5.51. The first-order valence-corrected chi connectivity index (χ1v) is 10.8. The van der Waals surface area contributed by atoms with Gasteiger partial charge in [0.1, 0.15) is 11.4 Å². The van der Waals surface area contributed by atoms with E-state index in [0.717, 1.165) is 23.5 Å². The van der Waals surface area contributed by atoms with Crippen molar-refractivity contribution in [3.8, 4) is 17.1 Å². The van der Waals surface area contributed by atoms with Crippen molar-refractivity contribution in [2.45, 2.75) is 6.54 Å². The number of carbonyl (C=O) groups is 2. The second-order valence-electron chi connectivity index (χ2n) is 7.76. The Morgan fingerprint density at radius 3 is 2.58 bits per heavy atom. The van der Waals surface area contributed by atoms with Gasteiger partial charge in [0.15, 0.2) is 5.76 Å². The van der Waals surface area contributed by atoms with Crippen molar-refractivity contribution in [1.82, 2.24) is 20.4 Å². The number of anilines is 1. The van der Waals surface area contributed by atoms with Crippen LogP contribution in [0.4, 0.5) is 5.69 Å². The average molecular weight is 441 g/mol. The van der Waals surface area contributed by atoms with Gasteiger partial charge in [-0.2, -0.15) is 5.10 Å². The first-order chi connectivity index (χ1) is 16.2. The zero-order chi connectivity index (χ0) is 22.6. The molecule has 0 bridgehead atoms. The molecule has 2 aromatic carbocycles. The summed E-state index contributed by atoms with van der Waals surface area (Å²) in [5.74, 6) is 0.392. The van der Waals surface area contributed by atoms with Gasteiger partial charge in [-0.15, -0.1) is 0 Å². The molecule has 0 radical (unpaired) electrons. The Morgan fingerprint density at radius 1 is 1.03 bits per heavy atom. The molecule has 1 saturated heterocycles. The van der Waals surface area contributed by atoms with Crippen molar-refractivity contribution in [2.24, 2.45) is 0 Å². The molecule has 33 heavy (non-hydrogen) atoms. The van der Waals surface area contributed by atoms with Crippen LogP contribution in [0.3, 0.4) is 0 Å². The van der Waals surface area contributed by atoms with Crippen LogP contribution in [0, 0.1) is 0 Å². The Balaban J connectivity index is 1.32. The van der Waals surface area contributed by atoms with E-state index in [9.17, 15) is 9.59 Å². The zero-order valence-corrected chi connectivity index (χ0v) is 17.9. The highest BCUT2D eigenvalue weighted by Crippen LogP contribution is 2.22. The van der Waals surface area contributed by atoms with Crippen LogP contribution in [0.25, 0.3) is 17.1 Å². The fourth-order valence-corrected chi connectivity index (χ4v) is 3.81. The molecule has 0 aliphatic carbocycles. The van der Waals surface area contributed by atoms with E-state index in [4.69, 9.17) is 4.42 Å². The standard InChI is InChI=1S/C25H23N5O3/c31-24-17-29(13-12-26-24)19-10-8-18(9-11-19)16-27-25(32)22-15-21(23-7-4-14-33-23)28-30(22)20-5-2-1-3-6-20/h1-11,14-15H,12-13,16-17H2,(H,26,31)(H,27,32). The van der Waals surface area contributed by atoms with E-state index in [2.05, 4.69) is 15.7 Å². The van der Waals surface area contributed by atoms with Gasteiger partial charge in [-0.25, -0.2) is 4.68 Å². The lowest BCUT2D eigenvalue weighted by atomic mass is 10.1. The molecule has 3 heterocycles. The van der Waals surface area contributed by atoms with Gasteiger partial charge in [0, 0.05) is 31.4 Å². The molecule has 1 aliphatic heterocycles. The number of amides is 2. The van der Waals surface area contributed by atoms with Crippen molar-refractivity contribution in [3.63, 3.8) is 0 Å². The molecular weight excluding hydrogens is 418 g/mol. The molecule has 0 spiro atoms. The van der Waals surface area contributed by atoms with E-state index in [1.54, 1.807) is 23.1 Å². The normalized spacial score (nSPS) is 13.6. The Bertz CT molecular complexity index is 1250. The van der Waals surface area contributed by atoms with Gasteiger partial charge in [0.2, 0.25) is 5.91 Å². The average Bonchev–Trinajstić information content (AvgIpc) is 3.54. The summed E-state index contributed by atoms with van der Waals surface area (Å²) >= 11 is 0. The van der Waals surface area contributed by atoms with Crippen LogP contribution in [0.2, 0.25) is 0 Å². The molecule has 4 aromatic rings. The fourth-order valence-electron chi connectivity index (χ4n) is 3.81. The summed E-state index contributed by atoms with van der Waals surface area (Å²) in [6, 6.07) is 22.7. The molecule has 2 aromatic heterocycles.